The van der Waals surface area contributed by atoms with E-state index in [1.165, 1.54) is 7.11 Å². The van der Waals surface area contributed by atoms with Gasteiger partial charge in [0.15, 0.2) is 6.29 Å². The number of nitrogens with one attached hydrogen (secondary N) is 1. The maximum Gasteiger partial charge on any atom is 0.308 e. The lowest BCUT2D eigenvalue weighted by Crippen LogP contribution is -2.40. The minimum Gasteiger partial charge on any atom is -0.469 e. The molecule has 0 aromatic rings. The molecule has 0 unspecified atom stereocenters. The van der Waals surface area contributed by atoms with Crippen molar-refractivity contribution in [3.63, 3.8) is 0 Å². The van der Waals surface area contributed by atoms with Crippen LogP contribution in [-0.2, 0) is 23.8 Å². The number of hydrogen-bond donors (Lipinski definition) is 1. The summed E-state index contributed by atoms with van der Waals surface area (Å²) in [7, 11) is 1.41. The highest BCUT2D eigenvalue weighted by molar-refractivity contribution is 5.79. The Hall–Kier alpha value is -1.14. The largest absolute Gasteiger partial charge is 0.469 e. The monoisotopic (exact) mass is 301 g/mol. The smallest absolute Gasteiger partial charge is 0.308 e. The van der Waals surface area contributed by atoms with E-state index in [9.17, 15) is 9.59 Å². The molecule has 0 heterocycles. The van der Waals surface area contributed by atoms with Gasteiger partial charge in [-0.3, -0.25) is 9.59 Å². The summed E-state index contributed by atoms with van der Waals surface area (Å²) in [6.07, 6.45) is 2.48. The average molecular weight is 301 g/mol. The summed E-state index contributed by atoms with van der Waals surface area (Å²) in [6, 6.07) is 0. The number of esters is 1. The molecule has 1 N–H and O–H groups in total. The van der Waals surface area contributed by atoms with Crippen molar-refractivity contribution in [3.05, 3.63) is 0 Å². The maximum atomic E-state index is 12.1. The standard InChI is InChI=1S/C15H27NO5/c1-4-20-13(21-5-2)10-16-14(17)11-6-8-12(9-7-11)15(18)19-3/h11-13H,4-10H2,1-3H3,(H,16,17)/t11-,12-. The van der Waals surface area contributed by atoms with E-state index in [1.807, 2.05) is 13.8 Å². The van der Waals surface area contributed by atoms with Gasteiger partial charge < -0.3 is 19.5 Å². The van der Waals surface area contributed by atoms with E-state index in [1.54, 1.807) is 0 Å². The first kappa shape index (κ1) is 17.9. The average Bonchev–Trinajstić information content (AvgIpc) is 2.52. The Kier molecular flexibility index (Phi) is 8.30. The number of amides is 1. The molecule has 1 fully saturated rings. The molecule has 0 aromatic carbocycles. The first-order chi connectivity index (χ1) is 10.1. The molecule has 1 aliphatic carbocycles. The zero-order valence-corrected chi connectivity index (χ0v) is 13.2. The highest BCUT2D eigenvalue weighted by Crippen LogP contribution is 2.29. The topological polar surface area (TPSA) is 73.9 Å². The number of rotatable bonds is 8. The molecule has 0 bridgehead atoms. The van der Waals surface area contributed by atoms with E-state index in [4.69, 9.17) is 14.2 Å². The summed E-state index contributed by atoms with van der Waals surface area (Å²) in [5, 5.41) is 2.88. The van der Waals surface area contributed by atoms with Gasteiger partial charge in [-0.1, -0.05) is 0 Å². The van der Waals surface area contributed by atoms with Crippen molar-refractivity contribution in [3.8, 4) is 0 Å². The second-order valence-corrected chi connectivity index (χ2v) is 5.16. The Labute approximate surface area is 126 Å². The minimum absolute atomic E-state index is 0.0164. The van der Waals surface area contributed by atoms with Crippen LogP contribution in [0.2, 0.25) is 0 Å². The van der Waals surface area contributed by atoms with Gasteiger partial charge in [-0.25, -0.2) is 0 Å². The fraction of sp³-hybridized carbons (Fsp3) is 0.867. The van der Waals surface area contributed by atoms with Crippen molar-refractivity contribution in [1.29, 1.82) is 0 Å². The van der Waals surface area contributed by atoms with Gasteiger partial charge >= 0.3 is 5.97 Å². The van der Waals surface area contributed by atoms with E-state index in [0.717, 1.165) is 12.8 Å². The number of ether oxygens (including phenoxy) is 3. The van der Waals surface area contributed by atoms with Gasteiger partial charge in [0, 0.05) is 19.1 Å². The van der Waals surface area contributed by atoms with Crippen molar-refractivity contribution in [1.82, 2.24) is 5.32 Å². The molecule has 6 heteroatoms. The highest BCUT2D eigenvalue weighted by atomic mass is 16.7. The Balaban J connectivity index is 2.31. The van der Waals surface area contributed by atoms with Crippen LogP contribution in [0.1, 0.15) is 39.5 Å². The molecule has 6 nitrogen and oxygen atoms in total. The van der Waals surface area contributed by atoms with Crippen LogP contribution in [0.3, 0.4) is 0 Å². The Morgan fingerprint density at radius 2 is 1.57 bits per heavy atom. The molecule has 1 aliphatic rings. The lowest BCUT2D eigenvalue weighted by Gasteiger charge is -2.26. The third-order valence-corrected chi connectivity index (χ3v) is 3.78. The molecule has 1 amide bonds. The number of carbonyl (C=O) groups excluding carboxylic acids is 2. The van der Waals surface area contributed by atoms with E-state index in [-0.39, 0.29) is 23.7 Å². The first-order valence-electron chi connectivity index (χ1n) is 7.71. The fourth-order valence-electron chi connectivity index (χ4n) is 2.62. The van der Waals surface area contributed by atoms with Gasteiger partial charge in [-0.15, -0.1) is 0 Å². The molecular weight excluding hydrogens is 274 g/mol. The lowest BCUT2D eigenvalue weighted by atomic mass is 9.81. The van der Waals surface area contributed by atoms with Crippen molar-refractivity contribution in [2.24, 2.45) is 11.8 Å². The van der Waals surface area contributed by atoms with E-state index >= 15 is 0 Å². The van der Waals surface area contributed by atoms with Gasteiger partial charge in [0.05, 0.1) is 19.6 Å². The number of carbonyl (C=O) groups is 2. The molecule has 122 valence electrons. The second kappa shape index (κ2) is 9.73. The van der Waals surface area contributed by atoms with Gasteiger partial charge in [-0.2, -0.15) is 0 Å². The second-order valence-electron chi connectivity index (χ2n) is 5.16. The molecule has 0 atom stereocenters. The number of methoxy groups -OCH3 is 1. The summed E-state index contributed by atoms with van der Waals surface area (Å²) in [5.74, 6) is -0.238. The Morgan fingerprint density at radius 1 is 1.05 bits per heavy atom. The van der Waals surface area contributed by atoms with Crippen LogP contribution in [0.5, 0.6) is 0 Å². The predicted molar refractivity (Wildman–Crippen MR) is 77.5 cm³/mol. The Morgan fingerprint density at radius 3 is 2.05 bits per heavy atom. The van der Waals surface area contributed by atoms with Crippen molar-refractivity contribution in [2.75, 3.05) is 26.9 Å². The van der Waals surface area contributed by atoms with Crippen LogP contribution in [0.4, 0.5) is 0 Å². The van der Waals surface area contributed by atoms with Gasteiger partial charge in [-0.05, 0) is 39.5 Å². The van der Waals surface area contributed by atoms with Crippen LogP contribution in [0.25, 0.3) is 0 Å². The predicted octanol–water partition coefficient (Wildman–Crippen LogP) is 1.48. The van der Waals surface area contributed by atoms with Crippen LogP contribution in [0.15, 0.2) is 0 Å². The molecule has 0 radical (unpaired) electrons. The maximum absolute atomic E-state index is 12.1. The summed E-state index contributed by atoms with van der Waals surface area (Å²) < 4.78 is 15.5. The van der Waals surface area contributed by atoms with Gasteiger partial charge in [0.1, 0.15) is 0 Å². The molecule has 0 saturated heterocycles. The van der Waals surface area contributed by atoms with E-state index in [0.29, 0.717) is 32.6 Å². The van der Waals surface area contributed by atoms with Crippen molar-refractivity contribution in [2.45, 2.75) is 45.8 Å². The summed E-state index contributed by atoms with van der Waals surface area (Å²) in [6.45, 7) is 5.23. The van der Waals surface area contributed by atoms with E-state index in [2.05, 4.69) is 5.32 Å². The third-order valence-electron chi connectivity index (χ3n) is 3.78. The Bertz CT molecular complexity index is 320. The van der Waals surface area contributed by atoms with Crippen molar-refractivity contribution >= 4 is 11.9 Å². The first-order valence-corrected chi connectivity index (χ1v) is 7.71. The van der Waals surface area contributed by atoms with Crippen LogP contribution in [-0.4, -0.2) is 45.0 Å². The van der Waals surface area contributed by atoms with Crippen molar-refractivity contribution < 1.29 is 23.8 Å². The van der Waals surface area contributed by atoms with Crippen LogP contribution in [0, 0.1) is 11.8 Å². The summed E-state index contributed by atoms with van der Waals surface area (Å²) in [5.41, 5.74) is 0. The zero-order chi connectivity index (χ0) is 15.7. The summed E-state index contributed by atoms with van der Waals surface area (Å²) in [4.78, 5) is 23.6. The fourth-order valence-corrected chi connectivity index (χ4v) is 2.62. The molecule has 0 aliphatic heterocycles. The third kappa shape index (κ3) is 6.01. The van der Waals surface area contributed by atoms with Crippen LogP contribution >= 0.6 is 0 Å². The highest BCUT2D eigenvalue weighted by Gasteiger charge is 2.30. The number of hydrogen-bond acceptors (Lipinski definition) is 5. The molecule has 1 rings (SSSR count). The van der Waals surface area contributed by atoms with E-state index < -0.39 is 6.29 Å². The molecule has 1 saturated carbocycles. The van der Waals surface area contributed by atoms with Crippen LogP contribution < -0.4 is 5.32 Å². The molecular formula is C15H27NO5. The minimum atomic E-state index is -0.393. The molecule has 0 aromatic heterocycles. The SMILES string of the molecule is CCOC(CNC(=O)[C@H]1CC[C@H](C(=O)OC)CC1)OCC. The normalized spacial score (nSPS) is 22.1. The molecule has 0 spiro atoms. The zero-order valence-electron chi connectivity index (χ0n) is 13.2. The summed E-state index contributed by atoms with van der Waals surface area (Å²) >= 11 is 0. The molecule has 21 heavy (non-hydrogen) atoms. The quantitative estimate of drug-likeness (QED) is 0.543. The van der Waals surface area contributed by atoms with Gasteiger partial charge in [0.2, 0.25) is 5.91 Å². The van der Waals surface area contributed by atoms with Gasteiger partial charge in [0.25, 0.3) is 0 Å². The lowest BCUT2D eigenvalue weighted by molar-refractivity contribution is -0.148.